The molecular formula is C16H20N2O6. The molecular weight excluding hydrogens is 316 g/mol. The van der Waals surface area contributed by atoms with Gasteiger partial charge in [-0.15, -0.1) is 0 Å². The molecule has 1 saturated heterocycles. The van der Waals surface area contributed by atoms with E-state index >= 15 is 0 Å². The summed E-state index contributed by atoms with van der Waals surface area (Å²) in [6, 6.07) is 1.63. The van der Waals surface area contributed by atoms with Gasteiger partial charge in [0, 0.05) is 24.2 Å². The third-order valence-electron chi connectivity index (χ3n) is 4.16. The maximum atomic E-state index is 12.9. The third-order valence-corrected chi connectivity index (χ3v) is 4.16. The number of morpholine rings is 1. The molecule has 1 aliphatic rings. The van der Waals surface area contributed by atoms with Gasteiger partial charge < -0.3 is 14.7 Å². The molecule has 130 valence electrons. The number of rotatable bonds is 4. The Morgan fingerprint density at radius 2 is 2.04 bits per heavy atom. The van der Waals surface area contributed by atoms with E-state index in [1.165, 1.54) is 4.90 Å². The molecule has 0 bridgehead atoms. The normalized spacial score (nSPS) is 17.6. The summed E-state index contributed by atoms with van der Waals surface area (Å²) in [4.78, 5) is 36.0. The van der Waals surface area contributed by atoms with Crippen molar-refractivity contribution >= 4 is 17.6 Å². The average Bonchev–Trinajstić information content (AvgIpc) is 2.45. The number of aliphatic carboxylic acids is 1. The molecule has 1 aromatic carbocycles. The summed E-state index contributed by atoms with van der Waals surface area (Å²) in [5, 5.41) is 20.1. The van der Waals surface area contributed by atoms with E-state index in [9.17, 15) is 19.7 Å². The summed E-state index contributed by atoms with van der Waals surface area (Å²) in [7, 11) is 0. The van der Waals surface area contributed by atoms with Crippen molar-refractivity contribution in [2.24, 2.45) is 0 Å². The predicted octanol–water partition coefficient (Wildman–Crippen LogP) is 1.84. The number of benzene rings is 1. The molecule has 1 N–H and O–H groups in total. The highest BCUT2D eigenvalue weighted by molar-refractivity contribution is 5.98. The average molecular weight is 336 g/mol. The highest BCUT2D eigenvalue weighted by Crippen LogP contribution is 2.30. The standard InChI is InChI=1S/C16H20N2O6/c1-9-6-10(2)15(18(22)23)11(3)14(9)16(21)17-4-5-24-12(8-17)7-13(19)20/h6,12H,4-5,7-8H2,1-3H3,(H,19,20). The molecule has 1 fully saturated rings. The molecule has 24 heavy (non-hydrogen) atoms. The van der Waals surface area contributed by atoms with Crippen molar-refractivity contribution in [3.05, 3.63) is 38.4 Å². The zero-order valence-corrected chi connectivity index (χ0v) is 13.9. The fraction of sp³-hybridized carbons (Fsp3) is 0.500. The van der Waals surface area contributed by atoms with E-state index in [4.69, 9.17) is 9.84 Å². The van der Waals surface area contributed by atoms with E-state index < -0.39 is 17.0 Å². The molecule has 0 saturated carbocycles. The number of carbonyl (C=O) groups is 2. The maximum Gasteiger partial charge on any atom is 0.306 e. The van der Waals surface area contributed by atoms with Crippen molar-refractivity contribution in [2.45, 2.75) is 33.3 Å². The van der Waals surface area contributed by atoms with Crippen LogP contribution in [0.15, 0.2) is 6.07 Å². The SMILES string of the molecule is Cc1cc(C)c([N+](=O)[O-])c(C)c1C(=O)N1CCOC(CC(=O)O)C1. The van der Waals surface area contributed by atoms with Crippen molar-refractivity contribution in [2.75, 3.05) is 19.7 Å². The minimum Gasteiger partial charge on any atom is -0.481 e. The van der Waals surface area contributed by atoms with Crippen molar-refractivity contribution in [1.29, 1.82) is 0 Å². The fourth-order valence-corrected chi connectivity index (χ4v) is 3.17. The lowest BCUT2D eigenvalue weighted by Crippen LogP contribution is -2.46. The van der Waals surface area contributed by atoms with Gasteiger partial charge in [0.05, 0.1) is 29.6 Å². The monoisotopic (exact) mass is 336 g/mol. The number of hydrogen-bond acceptors (Lipinski definition) is 5. The predicted molar refractivity (Wildman–Crippen MR) is 85.2 cm³/mol. The number of ether oxygens (including phenoxy) is 1. The van der Waals surface area contributed by atoms with E-state index in [0.29, 0.717) is 28.8 Å². The molecule has 1 aliphatic heterocycles. The summed E-state index contributed by atoms with van der Waals surface area (Å²) in [5.41, 5.74) is 1.77. The molecule has 0 aliphatic carbocycles. The van der Waals surface area contributed by atoms with Crippen molar-refractivity contribution in [3.63, 3.8) is 0 Å². The van der Waals surface area contributed by atoms with E-state index in [-0.39, 0.29) is 31.2 Å². The van der Waals surface area contributed by atoms with Gasteiger partial charge in [-0.25, -0.2) is 0 Å². The molecule has 1 unspecified atom stereocenters. The molecule has 1 atom stereocenters. The van der Waals surface area contributed by atoms with Crippen LogP contribution in [0.3, 0.4) is 0 Å². The van der Waals surface area contributed by atoms with Gasteiger partial charge in [0.2, 0.25) is 0 Å². The summed E-state index contributed by atoms with van der Waals surface area (Å²) in [5.74, 6) is -1.32. The number of nitrogens with zero attached hydrogens (tertiary/aromatic N) is 2. The van der Waals surface area contributed by atoms with Crippen molar-refractivity contribution < 1.29 is 24.4 Å². The van der Waals surface area contributed by atoms with Gasteiger partial charge in [-0.2, -0.15) is 0 Å². The number of carbonyl (C=O) groups excluding carboxylic acids is 1. The second kappa shape index (κ2) is 6.96. The molecule has 0 radical (unpaired) electrons. The number of carboxylic acids is 1. The van der Waals surface area contributed by atoms with E-state index in [1.807, 2.05) is 0 Å². The van der Waals surface area contributed by atoms with Crippen molar-refractivity contribution in [1.82, 2.24) is 4.90 Å². The first kappa shape index (κ1) is 17.9. The lowest BCUT2D eigenvalue weighted by molar-refractivity contribution is -0.386. The van der Waals surface area contributed by atoms with Crippen LogP contribution in [0.1, 0.15) is 33.5 Å². The quantitative estimate of drug-likeness (QED) is 0.663. The lowest BCUT2D eigenvalue weighted by Gasteiger charge is -2.33. The van der Waals surface area contributed by atoms with Gasteiger partial charge in [-0.3, -0.25) is 19.7 Å². The van der Waals surface area contributed by atoms with E-state index in [1.54, 1.807) is 26.8 Å². The van der Waals surface area contributed by atoms with Gasteiger partial charge in [0.25, 0.3) is 11.6 Å². The number of nitro benzene ring substituents is 1. The zero-order chi connectivity index (χ0) is 18.0. The Morgan fingerprint density at radius 3 is 2.62 bits per heavy atom. The Bertz CT molecular complexity index is 700. The highest BCUT2D eigenvalue weighted by Gasteiger charge is 2.30. The first-order valence-corrected chi connectivity index (χ1v) is 7.60. The number of aryl methyl sites for hydroxylation is 2. The van der Waals surface area contributed by atoms with Crippen LogP contribution in [0.5, 0.6) is 0 Å². The van der Waals surface area contributed by atoms with Gasteiger partial charge in [0.1, 0.15) is 0 Å². The maximum absolute atomic E-state index is 12.9. The van der Waals surface area contributed by atoms with E-state index in [0.717, 1.165) is 0 Å². The Hall–Kier alpha value is -2.48. The van der Waals surface area contributed by atoms with Gasteiger partial charge in [0.15, 0.2) is 0 Å². The molecule has 2 rings (SSSR count). The molecule has 1 amide bonds. The molecule has 1 aromatic rings. The van der Waals surface area contributed by atoms with Crippen molar-refractivity contribution in [3.8, 4) is 0 Å². The molecule has 8 heteroatoms. The Morgan fingerprint density at radius 1 is 1.38 bits per heavy atom. The first-order chi connectivity index (χ1) is 11.2. The minimum atomic E-state index is -0.993. The fourth-order valence-electron chi connectivity index (χ4n) is 3.17. The largest absolute Gasteiger partial charge is 0.481 e. The smallest absolute Gasteiger partial charge is 0.306 e. The number of hydrogen-bond donors (Lipinski definition) is 1. The lowest BCUT2D eigenvalue weighted by atomic mass is 9.96. The molecule has 8 nitrogen and oxygen atoms in total. The van der Waals surface area contributed by atoms with Crippen LogP contribution in [-0.2, 0) is 9.53 Å². The second-order valence-corrected chi connectivity index (χ2v) is 5.96. The van der Waals surface area contributed by atoms with E-state index in [2.05, 4.69) is 0 Å². The summed E-state index contributed by atoms with van der Waals surface area (Å²) < 4.78 is 5.36. The van der Waals surface area contributed by atoms with Crippen LogP contribution in [0, 0.1) is 30.9 Å². The van der Waals surface area contributed by atoms with Crippen LogP contribution in [0.2, 0.25) is 0 Å². The molecule has 0 spiro atoms. The van der Waals surface area contributed by atoms with Crippen LogP contribution in [0.4, 0.5) is 5.69 Å². The second-order valence-electron chi connectivity index (χ2n) is 5.96. The van der Waals surface area contributed by atoms with Crippen LogP contribution in [-0.4, -0.2) is 52.6 Å². The van der Waals surface area contributed by atoms with Gasteiger partial charge in [-0.1, -0.05) is 0 Å². The highest BCUT2D eigenvalue weighted by atomic mass is 16.6. The van der Waals surface area contributed by atoms with Gasteiger partial charge in [-0.05, 0) is 32.4 Å². The topological polar surface area (TPSA) is 110 Å². The van der Waals surface area contributed by atoms with Crippen LogP contribution >= 0.6 is 0 Å². The number of carboxylic acid groups (broad SMARTS) is 1. The van der Waals surface area contributed by atoms with Crippen LogP contribution < -0.4 is 0 Å². The third kappa shape index (κ3) is 3.53. The minimum absolute atomic E-state index is 0.0562. The summed E-state index contributed by atoms with van der Waals surface area (Å²) in [6.45, 7) is 5.69. The number of nitro groups is 1. The summed E-state index contributed by atoms with van der Waals surface area (Å²) >= 11 is 0. The Balaban J connectivity index is 2.34. The molecule has 1 heterocycles. The Labute approximate surface area is 139 Å². The number of amides is 1. The summed E-state index contributed by atoms with van der Waals surface area (Å²) in [6.07, 6.45) is -0.753. The molecule has 0 aromatic heterocycles. The zero-order valence-electron chi connectivity index (χ0n) is 13.9. The van der Waals surface area contributed by atoms with Gasteiger partial charge >= 0.3 is 5.97 Å². The van der Waals surface area contributed by atoms with Crippen LogP contribution in [0.25, 0.3) is 0 Å². The first-order valence-electron chi connectivity index (χ1n) is 7.60. The Kier molecular flexibility index (Phi) is 5.18.